The fourth-order valence-corrected chi connectivity index (χ4v) is 4.08. The minimum atomic E-state index is -0.316. The lowest BCUT2D eigenvalue weighted by Crippen LogP contribution is -2.27. The number of carbonyl (C=O) groups is 2. The molecular formula is C19H16INO4S. The van der Waals surface area contributed by atoms with Crippen LogP contribution in [0.25, 0.3) is 6.08 Å². The molecule has 1 aliphatic rings. The van der Waals surface area contributed by atoms with Crippen molar-refractivity contribution in [1.82, 2.24) is 4.90 Å². The van der Waals surface area contributed by atoms with Gasteiger partial charge in [-0.25, -0.2) is 0 Å². The molecule has 2 amide bonds. The van der Waals surface area contributed by atoms with E-state index in [1.807, 2.05) is 53.8 Å². The quantitative estimate of drug-likeness (QED) is 0.513. The Balaban J connectivity index is 1.87. The number of halogens is 1. The van der Waals surface area contributed by atoms with Gasteiger partial charge in [-0.1, -0.05) is 29.8 Å². The van der Waals surface area contributed by atoms with Crippen molar-refractivity contribution in [1.29, 1.82) is 0 Å². The molecule has 1 N–H and O–H groups in total. The molecule has 2 aromatic carbocycles. The largest absolute Gasteiger partial charge is 0.504 e. The number of thioether (sulfide) groups is 1. The standard InChI is InChI=1S/C19H16INO4S/c1-11-4-3-5-12(6-11)10-21-18(23)16(26-19(21)24)9-13-7-14(20)17(22)15(8-13)25-2/h3-9,22H,10H2,1-2H3/b16-9+. The van der Waals surface area contributed by atoms with Gasteiger partial charge in [-0.2, -0.15) is 0 Å². The maximum Gasteiger partial charge on any atom is 0.293 e. The number of hydrogen-bond acceptors (Lipinski definition) is 5. The number of methoxy groups -OCH3 is 1. The minimum Gasteiger partial charge on any atom is -0.504 e. The summed E-state index contributed by atoms with van der Waals surface area (Å²) in [5.74, 6) is 0.0588. The number of aromatic hydroxyl groups is 1. The van der Waals surface area contributed by atoms with Crippen LogP contribution in [0, 0.1) is 10.5 Å². The fraction of sp³-hybridized carbons (Fsp3) is 0.158. The molecule has 7 heteroatoms. The van der Waals surface area contributed by atoms with Crippen LogP contribution < -0.4 is 4.74 Å². The van der Waals surface area contributed by atoms with Gasteiger partial charge < -0.3 is 9.84 Å². The van der Waals surface area contributed by atoms with Gasteiger partial charge in [0.25, 0.3) is 11.1 Å². The number of imide groups is 1. The smallest absolute Gasteiger partial charge is 0.293 e. The lowest BCUT2D eigenvalue weighted by molar-refractivity contribution is -0.123. The van der Waals surface area contributed by atoms with Crippen molar-refractivity contribution >= 4 is 51.6 Å². The van der Waals surface area contributed by atoms with Gasteiger partial charge in [0.15, 0.2) is 11.5 Å². The maximum absolute atomic E-state index is 12.6. The Morgan fingerprint density at radius 1 is 1.27 bits per heavy atom. The third-order valence-corrected chi connectivity index (χ3v) is 5.59. The molecule has 0 saturated carbocycles. The van der Waals surface area contributed by atoms with Gasteiger partial charge in [0.2, 0.25) is 0 Å². The predicted octanol–water partition coefficient (Wildman–Crippen LogP) is 4.55. The number of carbonyl (C=O) groups excluding carboxylic acids is 2. The topological polar surface area (TPSA) is 66.8 Å². The van der Waals surface area contributed by atoms with Gasteiger partial charge in [-0.15, -0.1) is 0 Å². The predicted molar refractivity (Wildman–Crippen MR) is 110 cm³/mol. The second-order valence-corrected chi connectivity index (χ2v) is 7.97. The summed E-state index contributed by atoms with van der Waals surface area (Å²) in [5, 5.41) is 9.63. The van der Waals surface area contributed by atoms with Crippen LogP contribution in [0.15, 0.2) is 41.3 Å². The van der Waals surface area contributed by atoms with E-state index < -0.39 is 0 Å². The first-order chi connectivity index (χ1) is 12.4. The number of nitrogens with zero attached hydrogens (tertiary/aromatic N) is 1. The molecule has 0 atom stereocenters. The number of benzene rings is 2. The number of amides is 2. The molecule has 26 heavy (non-hydrogen) atoms. The summed E-state index contributed by atoms with van der Waals surface area (Å²) in [4.78, 5) is 26.5. The summed E-state index contributed by atoms with van der Waals surface area (Å²) in [6.45, 7) is 2.22. The second kappa shape index (κ2) is 7.71. The Kier molecular flexibility index (Phi) is 5.57. The average molecular weight is 481 g/mol. The molecule has 5 nitrogen and oxygen atoms in total. The summed E-state index contributed by atoms with van der Waals surface area (Å²) in [7, 11) is 1.46. The highest BCUT2D eigenvalue weighted by molar-refractivity contribution is 14.1. The van der Waals surface area contributed by atoms with E-state index in [4.69, 9.17) is 4.74 Å². The number of hydrogen-bond donors (Lipinski definition) is 1. The Morgan fingerprint density at radius 3 is 2.73 bits per heavy atom. The van der Waals surface area contributed by atoms with Crippen LogP contribution in [0.5, 0.6) is 11.5 Å². The zero-order valence-corrected chi connectivity index (χ0v) is 17.1. The summed E-state index contributed by atoms with van der Waals surface area (Å²) in [5.41, 5.74) is 2.68. The second-order valence-electron chi connectivity index (χ2n) is 5.81. The summed E-state index contributed by atoms with van der Waals surface area (Å²) in [6.07, 6.45) is 1.64. The molecule has 0 spiro atoms. The highest BCUT2D eigenvalue weighted by Crippen LogP contribution is 2.36. The van der Waals surface area contributed by atoms with Crippen molar-refractivity contribution in [3.63, 3.8) is 0 Å². The first-order valence-corrected chi connectivity index (χ1v) is 9.66. The van der Waals surface area contributed by atoms with E-state index in [2.05, 4.69) is 0 Å². The zero-order chi connectivity index (χ0) is 18.8. The number of phenolic OH excluding ortho intramolecular Hbond substituents is 1. The molecule has 3 rings (SSSR count). The van der Waals surface area contributed by atoms with Crippen molar-refractivity contribution in [2.75, 3.05) is 7.11 Å². The Labute approximate surface area is 169 Å². The van der Waals surface area contributed by atoms with Crippen molar-refractivity contribution in [3.8, 4) is 11.5 Å². The van der Waals surface area contributed by atoms with Gasteiger partial charge in [0.1, 0.15) is 0 Å². The van der Waals surface area contributed by atoms with Crippen LogP contribution in [0.1, 0.15) is 16.7 Å². The number of aryl methyl sites for hydroxylation is 1. The Hall–Kier alpha value is -2.00. The molecule has 0 unspecified atom stereocenters. The molecule has 1 fully saturated rings. The van der Waals surface area contributed by atoms with Crippen molar-refractivity contribution in [3.05, 3.63) is 61.6 Å². The van der Waals surface area contributed by atoms with Gasteiger partial charge in [-0.3, -0.25) is 14.5 Å². The van der Waals surface area contributed by atoms with E-state index in [0.29, 0.717) is 19.8 Å². The molecular weight excluding hydrogens is 465 g/mol. The molecule has 134 valence electrons. The zero-order valence-electron chi connectivity index (χ0n) is 14.2. The third kappa shape index (κ3) is 3.88. The molecule has 1 saturated heterocycles. The van der Waals surface area contributed by atoms with E-state index in [-0.39, 0.29) is 23.4 Å². The molecule has 0 aliphatic carbocycles. The van der Waals surface area contributed by atoms with Crippen LogP contribution >= 0.6 is 34.4 Å². The van der Waals surface area contributed by atoms with E-state index in [0.717, 1.165) is 22.9 Å². The fourth-order valence-electron chi connectivity index (χ4n) is 2.61. The highest BCUT2D eigenvalue weighted by Gasteiger charge is 2.35. The Bertz CT molecular complexity index is 926. The van der Waals surface area contributed by atoms with Crippen molar-refractivity contribution in [2.45, 2.75) is 13.5 Å². The maximum atomic E-state index is 12.6. The van der Waals surface area contributed by atoms with Crippen molar-refractivity contribution < 1.29 is 19.4 Å². The summed E-state index contributed by atoms with van der Waals surface area (Å²) in [6, 6.07) is 11.1. The van der Waals surface area contributed by atoms with E-state index in [1.54, 1.807) is 18.2 Å². The first-order valence-electron chi connectivity index (χ1n) is 7.76. The summed E-state index contributed by atoms with van der Waals surface area (Å²) < 4.78 is 5.74. The minimum absolute atomic E-state index is 0.0535. The van der Waals surface area contributed by atoms with Gasteiger partial charge in [-0.05, 0) is 70.6 Å². The van der Waals surface area contributed by atoms with Gasteiger partial charge in [0.05, 0.1) is 22.1 Å². The lowest BCUT2D eigenvalue weighted by atomic mass is 10.1. The van der Waals surface area contributed by atoms with E-state index >= 15 is 0 Å². The molecule has 0 bridgehead atoms. The number of ether oxygens (including phenoxy) is 1. The summed E-state index contributed by atoms with van der Waals surface area (Å²) >= 11 is 2.91. The third-order valence-electron chi connectivity index (χ3n) is 3.87. The number of phenols is 1. The van der Waals surface area contributed by atoms with E-state index in [1.165, 1.54) is 12.0 Å². The average Bonchev–Trinajstić information content (AvgIpc) is 2.85. The lowest BCUT2D eigenvalue weighted by Gasteiger charge is -2.12. The van der Waals surface area contributed by atoms with Gasteiger partial charge >= 0.3 is 0 Å². The van der Waals surface area contributed by atoms with Crippen LogP contribution in [0.4, 0.5) is 4.79 Å². The SMILES string of the molecule is COc1cc(/C=C2/SC(=O)N(Cc3cccc(C)c3)C2=O)cc(I)c1O. The molecule has 0 aromatic heterocycles. The molecule has 0 radical (unpaired) electrons. The normalized spacial score (nSPS) is 15.8. The van der Waals surface area contributed by atoms with Gasteiger partial charge in [0, 0.05) is 0 Å². The monoisotopic (exact) mass is 481 g/mol. The first kappa shape index (κ1) is 18.8. The number of rotatable bonds is 4. The van der Waals surface area contributed by atoms with Crippen LogP contribution in [0.2, 0.25) is 0 Å². The highest BCUT2D eigenvalue weighted by atomic mass is 127. The molecule has 2 aromatic rings. The molecule has 1 aliphatic heterocycles. The molecule has 1 heterocycles. The van der Waals surface area contributed by atoms with E-state index in [9.17, 15) is 14.7 Å². The van der Waals surface area contributed by atoms with Crippen LogP contribution in [-0.2, 0) is 11.3 Å². The van der Waals surface area contributed by atoms with Crippen LogP contribution in [-0.4, -0.2) is 28.3 Å². The Morgan fingerprint density at radius 2 is 2.04 bits per heavy atom. The van der Waals surface area contributed by atoms with Crippen LogP contribution in [0.3, 0.4) is 0 Å². The van der Waals surface area contributed by atoms with Crippen molar-refractivity contribution in [2.24, 2.45) is 0 Å².